The topological polar surface area (TPSA) is 19.7 Å². The summed E-state index contributed by atoms with van der Waals surface area (Å²) in [6.45, 7) is 5.50. The van der Waals surface area contributed by atoms with E-state index in [1.807, 2.05) is 11.3 Å². The molecule has 0 spiro atoms. The van der Waals surface area contributed by atoms with Gasteiger partial charge < -0.3 is 29.0 Å². The van der Waals surface area contributed by atoms with Gasteiger partial charge in [0.1, 0.15) is 6.54 Å². The highest BCUT2D eigenvalue weighted by atomic mass is 127. The van der Waals surface area contributed by atoms with Crippen molar-refractivity contribution in [2.45, 2.75) is 33.2 Å². The van der Waals surface area contributed by atoms with E-state index < -0.39 is 0 Å². The van der Waals surface area contributed by atoms with Crippen molar-refractivity contribution < 1.29 is 28.5 Å². The number of aryl methyl sites for hydroxylation is 3. The van der Waals surface area contributed by atoms with Gasteiger partial charge in [-0.3, -0.25) is 0 Å². The molecule has 0 amide bonds. The number of nitrogens with one attached hydrogen (secondary N) is 1. The lowest BCUT2D eigenvalue weighted by atomic mass is 10.1. The van der Waals surface area contributed by atoms with Gasteiger partial charge in [0.05, 0.1) is 4.88 Å². The van der Waals surface area contributed by atoms with Crippen molar-refractivity contribution in [3.05, 3.63) is 52.1 Å². The summed E-state index contributed by atoms with van der Waals surface area (Å²) in [5, 5.41) is 1.37. The highest BCUT2D eigenvalue weighted by Gasteiger charge is 2.11. The molecule has 0 aliphatic carbocycles. The van der Waals surface area contributed by atoms with Crippen LogP contribution in [0.1, 0.15) is 22.6 Å². The van der Waals surface area contributed by atoms with Gasteiger partial charge in [0.15, 0.2) is 5.69 Å². The van der Waals surface area contributed by atoms with Gasteiger partial charge >= 0.3 is 0 Å². The average Bonchev–Trinajstić information content (AvgIpc) is 2.97. The predicted octanol–water partition coefficient (Wildman–Crippen LogP) is 0.771. The van der Waals surface area contributed by atoms with Crippen LogP contribution in [-0.2, 0) is 13.0 Å². The van der Waals surface area contributed by atoms with Gasteiger partial charge in [-0.2, -0.15) is 4.57 Å². The first-order valence-electron chi connectivity index (χ1n) is 6.75. The number of thiazole rings is 1. The number of H-pyrrole nitrogens is 1. The summed E-state index contributed by atoms with van der Waals surface area (Å²) in [6.07, 6.45) is 4.47. The molecule has 2 aromatic heterocycles. The zero-order chi connectivity index (χ0) is 13.2. The van der Waals surface area contributed by atoms with E-state index in [1.165, 1.54) is 33.5 Å². The lowest BCUT2D eigenvalue weighted by Crippen LogP contribution is -3.00. The fraction of sp³-hybridized carbons (Fsp3) is 0.312. The lowest BCUT2D eigenvalue weighted by Gasteiger charge is -1.98. The fourth-order valence-electron chi connectivity index (χ4n) is 2.51. The summed E-state index contributed by atoms with van der Waals surface area (Å²) in [5.74, 6) is 0. The number of hydrogen-bond donors (Lipinski definition) is 1. The number of rotatable bonds is 4. The van der Waals surface area contributed by atoms with Crippen LogP contribution in [0.5, 0.6) is 0 Å². The molecule has 0 bridgehead atoms. The second-order valence-electron chi connectivity index (χ2n) is 5.02. The van der Waals surface area contributed by atoms with Crippen LogP contribution in [0.2, 0.25) is 0 Å². The second kappa shape index (κ2) is 6.72. The van der Waals surface area contributed by atoms with E-state index in [-0.39, 0.29) is 24.0 Å². The minimum atomic E-state index is 0. The zero-order valence-electron chi connectivity index (χ0n) is 11.8. The number of aromatic amines is 1. The van der Waals surface area contributed by atoms with E-state index in [4.69, 9.17) is 0 Å². The predicted molar refractivity (Wildman–Crippen MR) is 80.6 cm³/mol. The molecule has 3 rings (SSSR count). The maximum Gasteiger partial charge on any atom is 0.225 e. The maximum atomic E-state index is 3.35. The molecule has 0 radical (unpaired) electrons. The molecule has 3 aromatic rings. The van der Waals surface area contributed by atoms with Gasteiger partial charge in [-0.25, -0.2) is 0 Å². The van der Waals surface area contributed by atoms with Gasteiger partial charge in [0.25, 0.3) is 0 Å². The summed E-state index contributed by atoms with van der Waals surface area (Å²) in [7, 11) is 0. The van der Waals surface area contributed by atoms with Crippen LogP contribution in [-0.4, -0.2) is 4.98 Å². The highest BCUT2D eigenvalue weighted by Crippen LogP contribution is 2.19. The van der Waals surface area contributed by atoms with Crippen molar-refractivity contribution >= 4 is 22.2 Å². The molecule has 0 saturated heterocycles. The maximum absolute atomic E-state index is 3.35. The number of para-hydroxylation sites is 1. The van der Waals surface area contributed by atoms with E-state index in [9.17, 15) is 0 Å². The van der Waals surface area contributed by atoms with Crippen LogP contribution >= 0.6 is 11.3 Å². The number of hydrogen-bond acceptors (Lipinski definition) is 1. The first-order chi connectivity index (χ1) is 9.25. The largest absolute Gasteiger partial charge is 1.00 e. The third-order valence-corrected chi connectivity index (χ3v) is 4.83. The summed E-state index contributed by atoms with van der Waals surface area (Å²) in [4.78, 5) is 4.77. The molecule has 2 nitrogen and oxygen atoms in total. The van der Waals surface area contributed by atoms with Crippen molar-refractivity contribution in [3.63, 3.8) is 0 Å². The quantitative estimate of drug-likeness (QED) is 0.495. The molecule has 20 heavy (non-hydrogen) atoms. The van der Waals surface area contributed by atoms with E-state index >= 15 is 0 Å². The van der Waals surface area contributed by atoms with Crippen molar-refractivity contribution in [2.24, 2.45) is 0 Å². The molecule has 0 atom stereocenters. The first kappa shape index (κ1) is 15.5. The summed E-state index contributed by atoms with van der Waals surface area (Å²) < 4.78 is 2.37. The van der Waals surface area contributed by atoms with Gasteiger partial charge in [-0.15, -0.1) is 0 Å². The molecule has 0 saturated carbocycles. The van der Waals surface area contributed by atoms with Gasteiger partial charge in [-0.1, -0.05) is 29.5 Å². The van der Waals surface area contributed by atoms with Crippen LogP contribution in [0.3, 0.4) is 0 Å². The molecule has 4 heteroatoms. The molecule has 2 heterocycles. The lowest BCUT2D eigenvalue weighted by molar-refractivity contribution is -0.698. The molecule has 0 aliphatic rings. The molecular formula is C16H19IN2S. The Morgan fingerprint density at radius 2 is 2.00 bits per heavy atom. The Labute approximate surface area is 140 Å². The molecular weight excluding hydrogens is 379 g/mol. The van der Waals surface area contributed by atoms with Gasteiger partial charge in [-0.05, 0) is 25.0 Å². The van der Waals surface area contributed by atoms with Crippen LogP contribution in [0.15, 0.2) is 36.0 Å². The standard InChI is InChI=1S/C16H19N2S.HI/c1-12-13(2)19-11-18(12)9-5-6-14-10-17-16-8-4-3-7-15(14)16;/h3-4,7-8,10-11,17H,5-6,9H2,1-2H3;1H/q+1;/p-1. The van der Waals surface area contributed by atoms with Crippen molar-refractivity contribution in [3.8, 4) is 0 Å². The molecule has 0 unspecified atom stereocenters. The monoisotopic (exact) mass is 398 g/mol. The van der Waals surface area contributed by atoms with Gasteiger partial charge in [0, 0.05) is 30.4 Å². The van der Waals surface area contributed by atoms with E-state index in [2.05, 4.69) is 59.4 Å². The Bertz CT molecular complexity index is 699. The molecule has 106 valence electrons. The normalized spacial score (nSPS) is 10.7. The minimum Gasteiger partial charge on any atom is -1.00 e. The van der Waals surface area contributed by atoms with Crippen LogP contribution in [0.25, 0.3) is 10.9 Å². The molecule has 1 N–H and O–H groups in total. The number of halogens is 1. The minimum absolute atomic E-state index is 0. The third kappa shape index (κ3) is 3.06. The van der Waals surface area contributed by atoms with Crippen LogP contribution in [0, 0.1) is 13.8 Å². The Morgan fingerprint density at radius 1 is 1.20 bits per heavy atom. The second-order valence-corrected chi connectivity index (χ2v) is 6.08. The zero-order valence-corrected chi connectivity index (χ0v) is 14.8. The number of nitrogens with zero attached hydrogens (tertiary/aromatic N) is 1. The summed E-state index contributed by atoms with van der Waals surface area (Å²) in [5.41, 5.74) is 6.32. The van der Waals surface area contributed by atoms with Crippen LogP contribution < -0.4 is 28.5 Å². The van der Waals surface area contributed by atoms with E-state index in [1.54, 1.807) is 0 Å². The number of fused-ring (bicyclic) bond motifs is 1. The number of aromatic nitrogens is 2. The van der Waals surface area contributed by atoms with Crippen molar-refractivity contribution in [1.29, 1.82) is 0 Å². The Kier molecular flexibility index (Phi) is 5.21. The highest BCUT2D eigenvalue weighted by molar-refractivity contribution is 7.09. The molecule has 0 aliphatic heterocycles. The smallest absolute Gasteiger partial charge is 0.225 e. The van der Waals surface area contributed by atoms with Crippen molar-refractivity contribution in [2.75, 3.05) is 0 Å². The van der Waals surface area contributed by atoms with Gasteiger partial charge in [0.2, 0.25) is 5.51 Å². The average molecular weight is 398 g/mol. The molecule has 1 aromatic carbocycles. The Morgan fingerprint density at radius 3 is 2.75 bits per heavy atom. The Hall–Kier alpha value is -0.880. The Balaban J connectivity index is 0.00000147. The van der Waals surface area contributed by atoms with E-state index in [0.29, 0.717) is 0 Å². The SMILES string of the molecule is Cc1sc[n+](CCCc2c[nH]c3ccccc23)c1C.[I-]. The van der Waals surface area contributed by atoms with Crippen molar-refractivity contribution in [1.82, 2.24) is 4.98 Å². The third-order valence-electron chi connectivity index (χ3n) is 3.82. The number of benzene rings is 1. The van der Waals surface area contributed by atoms with E-state index in [0.717, 1.165) is 13.0 Å². The first-order valence-corrected chi connectivity index (χ1v) is 7.63. The van der Waals surface area contributed by atoms with Crippen LogP contribution in [0.4, 0.5) is 0 Å². The summed E-state index contributed by atoms with van der Waals surface area (Å²) >= 11 is 1.84. The summed E-state index contributed by atoms with van der Waals surface area (Å²) in [6, 6.07) is 8.53. The molecule has 0 fully saturated rings. The fourth-order valence-corrected chi connectivity index (χ4v) is 3.34.